The average Bonchev–Trinajstić information content (AvgIpc) is 1.61. The number of hydrogen-bond donors (Lipinski definition) is 1. The van der Waals surface area contributed by atoms with Crippen molar-refractivity contribution in [1.82, 2.24) is 0 Å². The average molecular weight is 187 g/mol. The molecule has 0 rings (SSSR count). The predicted octanol–water partition coefficient (Wildman–Crippen LogP) is 1.29. The van der Waals surface area contributed by atoms with E-state index in [1.807, 2.05) is 0 Å². The fourth-order valence-electron chi connectivity index (χ4n) is 0.322. The summed E-state index contributed by atoms with van der Waals surface area (Å²) in [5.74, 6) is 0. The molecule has 1 radical (unpaired) electrons. The van der Waals surface area contributed by atoms with Crippen molar-refractivity contribution in [3.05, 3.63) is 6.54 Å². The van der Waals surface area contributed by atoms with Gasteiger partial charge in [-0.1, -0.05) is 19.8 Å². The van der Waals surface area contributed by atoms with Gasteiger partial charge >= 0.3 is 19.5 Å². The Morgan fingerprint density at radius 3 is 2.29 bits per heavy atom. The van der Waals surface area contributed by atoms with Crippen LogP contribution in [-0.2, 0) is 19.5 Å². The molecular formula is C5H12NRu. The summed E-state index contributed by atoms with van der Waals surface area (Å²) >= 11 is 0. The quantitative estimate of drug-likeness (QED) is 0.402. The van der Waals surface area contributed by atoms with Crippen LogP contribution in [-0.4, -0.2) is 0 Å². The molecule has 0 aliphatic rings. The molecule has 2 heteroatoms. The van der Waals surface area contributed by atoms with Gasteiger partial charge < -0.3 is 5.73 Å². The Kier molecular flexibility index (Phi) is 14.7. The maximum absolute atomic E-state index is 5.09. The molecule has 0 spiro atoms. The van der Waals surface area contributed by atoms with Gasteiger partial charge in [0.25, 0.3) is 0 Å². The summed E-state index contributed by atoms with van der Waals surface area (Å²) in [4.78, 5) is 0. The summed E-state index contributed by atoms with van der Waals surface area (Å²) in [6.07, 6.45) is 3.54. The second-order valence-corrected chi connectivity index (χ2v) is 1.38. The molecule has 0 aromatic rings. The predicted molar refractivity (Wildman–Crippen MR) is 28.0 cm³/mol. The fraction of sp³-hybridized carbons (Fsp3) is 0.800. The van der Waals surface area contributed by atoms with Crippen LogP contribution in [0.3, 0.4) is 0 Å². The zero-order valence-electron chi connectivity index (χ0n) is 4.63. The molecule has 0 unspecified atom stereocenters. The van der Waals surface area contributed by atoms with Crippen molar-refractivity contribution in [3.8, 4) is 0 Å². The summed E-state index contributed by atoms with van der Waals surface area (Å²) in [5.41, 5.74) is 5.09. The van der Waals surface area contributed by atoms with Gasteiger partial charge in [-0.05, 0) is 0 Å². The van der Waals surface area contributed by atoms with Gasteiger partial charge in [0, 0.05) is 0 Å². The topological polar surface area (TPSA) is 26.0 Å². The maximum Gasteiger partial charge on any atom is 1.00 e. The third-order valence-corrected chi connectivity index (χ3v) is 0.724. The second kappa shape index (κ2) is 9.77. The minimum Gasteiger partial charge on any atom is -0.483 e. The van der Waals surface area contributed by atoms with E-state index in [1.54, 1.807) is 6.54 Å². The van der Waals surface area contributed by atoms with Crippen LogP contribution in [0.5, 0.6) is 0 Å². The van der Waals surface area contributed by atoms with Crippen molar-refractivity contribution in [2.45, 2.75) is 26.2 Å². The van der Waals surface area contributed by atoms with Gasteiger partial charge in [-0.2, -0.15) is 6.42 Å². The Bertz CT molecular complexity index is 20.0. The first-order valence-electron chi connectivity index (χ1n) is 2.45. The van der Waals surface area contributed by atoms with Crippen molar-refractivity contribution in [2.75, 3.05) is 0 Å². The van der Waals surface area contributed by atoms with Gasteiger partial charge in [0.1, 0.15) is 0 Å². The molecule has 0 heterocycles. The molecule has 0 aliphatic heterocycles. The Morgan fingerprint density at radius 2 is 2.14 bits per heavy atom. The van der Waals surface area contributed by atoms with E-state index in [4.69, 9.17) is 5.73 Å². The Morgan fingerprint density at radius 1 is 1.57 bits per heavy atom. The van der Waals surface area contributed by atoms with E-state index < -0.39 is 0 Å². The van der Waals surface area contributed by atoms with Crippen molar-refractivity contribution < 1.29 is 19.5 Å². The molecule has 45 valence electrons. The van der Waals surface area contributed by atoms with E-state index in [0.29, 0.717) is 0 Å². The largest absolute Gasteiger partial charge is 1.00 e. The van der Waals surface area contributed by atoms with Crippen LogP contribution in [0.15, 0.2) is 0 Å². The van der Waals surface area contributed by atoms with Crippen LogP contribution in [0.25, 0.3) is 0 Å². The summed E-state index contributed by atoms with van der Waals surface area (Å²) in [6, 6.07) is 0. The fourth-order valence-corrected chi connectivity index (χ4v) is 0.322. The first kappa shape index (κ1) is 10.5. The monoisotopic (exact) mass is 188 g/mol. The van der Waals surface area contributed by atoms with Crippen molar-refractivity contribution in [1.29, 1.82) is 0 Å². The van der Waals surface area contributed by atoms with Gasteiger partial charge in [-0.3, -0.25) is 6.54 Å². The minimum absolute atomic E-state index is 0. The summed E-state index contributed by atoms with van der Waals surface area (Å²) in [6.45, 7) is 3.87. The van der Waals surface area contributed by atoms with Gasteiger partial charge in [0.15, 0.2) is 0 Å². The molecule has 0 bridgehead atoms. The molecule has 0 amide bonds. The molecule has 1 nitrogen and oxygen atoms in total. The molecule has 0 aromatic heterocycles. The SMILES string of the molecule is CCCC[CH-]N.[Ru+]. The van der Waals surface area contributed by atoms with Crippen LogP contribution >= 0.6 is 0 Å². The zero-order valence-corrected chi connectivity index (χ0v) is 6.37. The second-order valence-electron chi connectivity index (χ2n) is 1.38. The normalized spacial score (nSPS) is 7.71. The molecular weight excluding hydrogens is 175 g/mol. The molecule has 0 saturated carbocycles. The molecule has 0 fully saturated rings. The first-order valence-corrected chi connectivity index (χ1v) is 2.45. The van der Waals surface area contributed by atoms with E-state index in [-0.39, 0.29) is 19.5 Å². The summed E-state index contributed by atoms with van der Waals surface area (Å²) in [5, 5.41) is 0. The van der Waals surface area contributed by atoms with E-state index in [9.17, 15) is 0 Å². The Hall–Kier alpha value is 0.583. The van der Waals surface area contributed by atoms with Crippen molar-refractivity contribution >= 4 is 0 Å². The van der Waals surface area contributed by atoms with Gasteiger partial charge in [0.05, 0.1) is 0 Å². The molecule has 0 atom stereocenters. The van der Waals surface area contributed by atoms with Gasteiger partial charge in [0.2, 0.25) is 0 Å². The van der Waals surface area contributed by atoms with E-state index >= 15 is 0 Å². The smallest absolute Gasteiger partial charge is 0.483 e. The van der Waals surface area contributed by atoms with Crippen LogP contribution in [0.1, 0.15) is 26.2 Å². The van der Waals surface area contributed by atoms with E-state index in [2.05, 4.69) is 6.92 Å². The van der Waals surface area contributed by atoms with Gasteiger partial charge in [-0.25, -0.2) is 0 Å². The zero-order chi connectivity index (χ0) is 4.83. The molecule has 0 aromatic carbocycles. The molecule has 7 heavy (non-hydrogen) atoms. The van der Waals surface area contributed by atoms with E-state index in [1.165, 1.54) is 12.8 Å². The minimum atomic E-state index is 0. The first-order chi connectivity index (χ1) is 2.91. The number of nitrogens with two attached hydrogens (primary N) is 1. The van der Waals surface area contributed by atoms with Gasteiger partial charge in [-0.15, -0.1) is 0 Å². The molecule has 0 aliphatic carbocycles. The maximum atomic E-state index is 5.09. The van der Waals surface area contributed by atoms with Crippen LogP contribution in [0, 0.1) is 6.54 Å². The Balaban J connectivity index is 0. The summed E-state index contributed by atoms with van der Waals surface area (Å²) < 4.78 is 0. The number of rotatable bonds is 3. The van der Waals surface area contributed by atoms with E-state index in [0.717, 1.165) is 6.42 Å². The molecule has 0 saturated heterocycles. The van der Waals surface area contributed by atoms with Crippen molar-refractivity contribution in [3.63, 3.8) is 0 Å². The summed E-state index contributed by atoms with van der Waals surface area (Å²) in [7, 11) is 0. The third-order valence-electron chi connectivity index (χ3n) is 0.724. The number of unbranched alkanes of at least 4 members (excludes halogenated alkanes) is 2. The van der Waals surface area contributed by atoms with Crippen LogP contribution in [0.2, 0.25) is 0 Å². The van der Waals surface area contributed by atoms with Crippen LogP contribution in [0.4, 0.5) is 0 Å². The van der Waals surface area contributed by atoms with Crippen molar-refractivity contribution in [2.24, 2.45) is 5.73 Å². The Labute approximate surface area is 58.4 Å². The number of hydrogen-bond acceptors (Lipinski definition) is 1. The van der Waals surface area contributed by atoms with Crippen LogP contribution < -0.4 is 5.73 Å². The third kappa shape index (κ3) is 10.8. The molecule has 2 N–H and O–H groups in total. The standard InChI is InChI=1S/C5H12N.Ru/c1-2-3-4-5-6;/h5H,2-4,6H2,1H3;/q-1;+1.